The fourth-order valence-corrected chi connectivity index (χ4v) is 15.1. The lowest BCUT2D eigenvalue weighted by molar-refractivity contribution is -0.144. The maximum absolute atomic E-state index is 16.6. The minimum absolute atomic E-state index is 0.0565. The van der Waals surface area contributed by atoms with Crippen molar-refractivity contribution in [3.63, 3.8) is 0 Å². The molecule has 0 saturated carbocycles. The summed E-state index contributed by atoms with van der Waals surface area (Å²) in [7, 11) is 0. The number of rotatable bonds is 30. The number of hydrogen-bond donors (Lipinski definition) is 0. The molecule has 4 amide bonds. The molecule has 4 aromatic rings. The highest BCUT2D eigenvalue weighted by atomic mass is 16.6. The number of carbonyl (C=O) groups excluding carboxylic acids is 4. The van der Waals surface area contributed by atoms with Crippen LogP contribution in [0.1, 0.15) is 188 Å². The smallest absolute Gasteiger partial charge is 0.325 e. The van der Waals surface area contributed by atoms with Crippen LogP contribution in [0.15, 0.2) is 84.9 Å². The number of benzene rings is 4. The summed E-state index contributed by atoms with van der Waals surface area (Å²) < 4.78 is 63.7. The zero-order valence-corrected chi connectivity index (χ0v) is 59.0. The van der Waals surface area contributed by atoms with Crippen LogP contribution in [0.3, 0.4) is 0 Å². The summed E-state index contributed by atoms with van der Waals surface area (Å²) in [5, 5.41) is 0. The normalized spacial score (nSPS) is 20.6. The topological polar surface area (TPSA) is 180 Å². The van der Waals surface area contributed by atoms with Gasteiger partial charge in [-0.15, -0.1) is 0 Å². The van der Waals surface area contributed by atoms with Crippen LogP contribution in [0.2, 0.25) is 0 Å². The van der Waals surface area contributed by atoms with Crippen molar-refractivity contribution in [2.24, 2.45) is 0 Å². The van der Waals surface area contributed by atoms with Gasteiger partial charge in [-0.2, -0.15) is 0 Å². The van der Waals surface area contributed by atoms with E-state index in [0.29, 0.717) is 128 Å². The summed E-state index contributed by atoms with van der Waals surface area (Å²) in [6.07, 6.45) is 23.7. The Hall–Kier alpha value is -6.68. The van der Waals surface area contributed by atoms with Gasteiger partial charge in [0.15, 0.2) is 11.3 Å². The van der Waals surface area contributed by atoms with Crippen LogP contribution in [-0.4, -0.2) is 185 Å². The number of carbonyl (C=O) groups is 4. The van der Waals surface area contributed by atoms with E-state index in [9.17, 15) is 9.59 Å². The van der Waals surface area contributed by atoms with E-state index in [4.69, 9.17) is 47.4 Å². The molecule has 0 aromatic heterocycles. The van der Waals surface area contributed by atoms with E-state index in [1.807, 2.05) is 105 Å². The molecule has 4 aromatic carbocycles. The lowest BCUT2D eigenvalue weighted by Crippen LogP contribution is -2.62. The van der Waals surface area contributed by atoms with Crippen molar-refractivity contribution in [1.29, 1.82) is 0 Å². The summed E-state index contributed by atoms with van der Waals surface area (Å²) in [5.41, 5.74) is 1.47. The van der Waals surface area contributed by atoms with Gasteiger partial charge in [0.25, 0.3) is 0 Å². The molecule has 2 fully saturated rings. The Labute approximate surface area is 583 Å². The van der Waals surface area contributed by atoms with Crippen molar-refractivity contribution >= 4 is 24.0 Å². The minimum atomic E-state index is -1.47. The molecule has 0 spiro atoms. The Morgan fingerprint density at radius 1 is 0.357 bits per heavy atom. The molecule has 0 aliphatic carbocycles. The second kappa shape index (κ2) is 39.4. The van der Waals surface area contributed by atoms with Gasteiger partial charge in [0.05, 0.1) is 92.2 Å². The Bertz CT molecular complexity index is 2770. The van der Waals surface area contributed by atoms with Crippen LogP contribution in [0.5, 0.6) is 23.0 Å². The number of nitrogens with zero attached hydrogens (tertiary/aromatic N) is 6. The summed E-state index contributed by atoms with van der Waals surface area (Å²) >= 11 is 0. The molecule has 538 valence electrons. The highest BCUT2D eigenvalue weighted by Crippen LogP contribution is 2.66. The summed E-state index contributed by atoms with van der Waals surface area (Å²) in [6.45, 7) is 13.1. The fraction of sp³-hybridized carbons (Fsp3) is 0.641. The number of ether oxygens (including phenoxy) is 10. The van der Waals surface area contributed by atoms with E-state index in [1.165, 1.54) is 89.9 Å². The first-order valence-corrected chi connectivity index (χ1v) is 37.5. The molecule has 6 aliphatic heterocycles. The average molecular weight is 1360 g/mol. The zero-order valence-electron chi connectivity index (χ0n) is 59.0. The summed E-state index contributed by atoms with van der Waals surface area (Å²) in [4.78, 5) is 71.0. The van der Waals surface area contributed by atoms with Gasteiger partial charge >= 0.3 is 24.0 Å². The van der Waals surface area contributed by atoms with Gasteiger partial charge in [-0.1, -0.05) is 177 Å². The van der Waals surface area contributed by atoms with Gasteiger partial charge in [-0.25, -0.2) is 9.59 Å². The van der Waals surface area contributed by atoms with Gasteiger partial charge < -0.3 is 47.4 Å². The first-order valence-electron chi connectivity index (χ1n) is 37.5. The lowest BCUT2D eigenvalue weighted by Gasteiger charge is -2.49. The maximum Gasteiger partial charge on any atom is 0.325 e. The van der Waals surface area contributed by atoms with E-state index in [2.05, 4.69) is 23.6 Å². The standard InChI is InChI=1S/C78H112N6O14/c1-3-5-7-9-11-13-15-17-25-45-97-73(85)33-27-39-79-41-47-89-51-55-93-69-35-37-71-67-61-83-76(88)84-62-68-66(60-82-75(87)81(59-65(67)69)77(83,63-29-21-19-22-30-63)78(82,84)64-31-23-20-24-32-64)70(94-56-52-90-48-42-79)36-38-72(68)96-58-54-92-50-44-80(43-49-91-53-57-95-71)40-28-34-74(86)98-46-26-18-16-14-12-10-8-6-4-2/h19-24,29-32,35-38H,3-18,25-28,33-34,39-62H2,1-2H3. The molecular formula is C78H112N6O14. The van der Waals surface area contributed by atoms with Crippen molar-refractivity contribution < 1.29 is 66.5 Å². The van der Waals surface area contributed by atoms with E-state index in [0.717, 1.165) is 59.1 Å². The monoisotopic (exact) mass is 1360 g/mol. The SMILES string of the molecule is CCCCCCCCCCCOC(=O)CCCN1CCOCCOc2ccc3c4c2CN2C(=O)N5Cc6c(ccc(c6CN6C(=O)N(C4)C2(c2ccccc2)C56c2ccccc2)OCCOCCN(CCCC(=O)OCCCCCCCCCCC)CCOCCO3)OCCOCC1. The lowest BCUT2D eigenvalue weighted by atomic mass is 9.79. The fourth-order valence-electron chi connectivity index (χ4n) is 15.1. The van der Waals surface area contributed by atoms with E-state index in [-0.39, 0.29) is 103 Å². The highest BCUT2D eigenvalue weighted by molar-refractivity contribution is 5.91. The van der Waals surface area contributed by atoms with Gasteiger partial charge in [0.1, 0.15) is 49.4 Å². The van der Waals surface area contributed by atoms with Crippen LogP contribution in [0.25, 0.3) is 0 Å². The predicted molar refractivity (Wildman–Crippen MR) is 375 cm³/mol. The number of esters is 2. The van der Waals surface area contributed by atoms with E-state index in [1.54, 1.807) is 0 Å². The Morgan fingerprint density at radius 2 is 0.643 bits per heavy atom. The van der Waals surface area contributed by atoms with Crippen LogP contribution in [0.4, 0.5) is 9.59 Å². The largest absolute Gasteiger partial charge is 0.491 e. The molecule has 2 saturated heterocycles. The minimum Gasteiger partial charge on any atom is -0.491 e. The van der Waals surface area contributed by atoms with E-state index >= 15 is 9.59 Å². The molecule has 10 rings (SSSR count). The van der Waals surface area contributed by atoms with Gasteiger partial charge in [0, 0.05) is 72.4 Å². The summed E-state index contributed by atoms with van der Waals surface area (Å²) in [6, 6.07) is 27.0. The Balaban J connectivity index is 0.903. The van der Waals surface area contributed by atoms with Crippen molar-refractivity contribution in [3.05, 3.63) is 118 Å². The molecular weight excluding hydrogens is 1240 g/mol. The first-order chi connectivity index (χ1) is 48.3. The van der Waals surface area contributed by atoms with Crippen molar-refractivity contribution in [2.45, 2.75) is 193 Å². The molecule has 20 heteroatoms. The Morgan fingerprint density at radius 3 is 0.939 bits per heavy atom. The number of unbranched alkanes of at least 4 members (excludes halogenated alkanes) is 16. The molecule has 20 nitrogen and oxygen atoms in total. The van der Waals surface area contributed by atoms with Crippen molar-refractivity contribution in [3.8, 4) is 23.0 Å². The average Bonchev–Trinajstić information content (AvgIpc) is 1.47. The number of amides is 4. The second-order valence-electron chi connectivity index (χ2n) is 26.9. The molecule has 98 heavy (non-hydrogen) atoms. The molecule has 6 heterocycles. The third-order valence-electron chi connectivity index (χ3n) is 20.2. The quantitative estimate of drug-likeness (QED) is 0.0355. The van der Waals surface area contributed by atoms with Crippen LogP contribution >= 0.6 is 0 Å². The van der Waals surface area contributed by atoms with Crippen LogP contribution in [-0.2, 0) is 75.5 Å². The third-order valence-corrected chi connectivity index (χ3v) is 20.2. The Kier molecular flexibility index (Phi) is 29.7. The van der Waals surface area contributed by atoms with Gasteiger partial charge in [0.2, 0.25) is 0 Å². The van der Waals surface area contributed by atoms with Gasteiger partial charge in [-0.3, -0.25) is 39.0 Å². The van der Waals surface area contributed by atoms with E-state index < -0.39 is 11.3 Å². The first kappa shape index (κ1) is 74.0. The number of hydrogen-bond acceptors (Lipinski definition) is 16. The van der Waals surface area contributed by atoms with Crippen molar-refractivity contribution in [1.82, 2.24) is 29.4 Å². The van der Waals surface area contributed by atoms with Crippen molar-refractivity contribution in [2.75, 3.05) is 132 Å². The molecule has 0 N–H and O–H groups in total. The molecule has 0 unspecified atom stereocenters. The van der Waals surface area contributed by atoms with Gasteiger partial charge in [-0.05, 0) is 63.0 Å². The molecule has 6 aliphatic rings. The third kappa shape index (κ3) is 18.8. The molecule has 8 bridgehead atoms. The maximum atomic E-state index is 16.6. The molecule has 0 atom stereocenters. The highest BCUT2D eigenvalue weighted by Gasteiger charge is 2.81. The van der Waals surface area contributed by atoms with Crippen LogP contribution in [0, 0.1) is 0 Å². The summed E-state index contributed by atoms with van der Waals surface area (Å²) in [5.74, 6) is 1.88. The van der Waals surface area contributed by atoms with Crippen LogP contribution < -0.4 is 18.9 Å². The molecule has 0 radical (unpaired) electrons. The number of urea groups is 2. The predicted octanol–water partition coefficient (Wildman–Crippen LogP) is 13.5. The zero-order chi connectivity index (χ0) is 68.0. The second-order valence-corrected chi connectivity index (χ2v) is 26.9.